The normalized spacial score (nSPS) is 14.5. The number of rotatable bonds is 3. The number of hydrogen-bond donors (Lipinski definition) is 2. The zero-order valence-corrected chi connectivity index (χ0v) is 16.5. The molecule has 154 valence electrons. The summed E-state index contributed by atoms with van der Waals surface area (Å²) in [6, 6.07) is 1.99. The predicted molar refractivity (Wildman–Crippen MR) is 114 cm³/mol. The fourth-order valence-electron chi connectivity index (χ4n) is 4.17. The molecule has 31 heavy (non-hydrogen) atoms. The molecule has 1 saturated heterocycles. The van der Waals surface area contributed by atoms with E-state index in [0.717, 1.165) is 37.1 Å². The first-order valence-corrected chi connectivity index (χ1v) is 10.2. The Bertz CT molecular complexity index is 1390. The largest absolute Gasteiger partial charge is 0.370 e. The molecule has 5 aromatic heterocycles. The number of pyridine rings is 2. The molecule has 6 rings (SSSR count). The topological polar surface area (TPSA) is 112 Å². The minimum Gasteiger partial charge on any atom is -0.370 e. The summed E-state index contributed by atoms with van der Waals surface area (Å²) in [4.78, 5) is 26.9. The summed E-state index contributed by atoms with van der Waals surface area (Å²) >= 11 is 0. The number of aromatic nitrogens is 8. The van der Waals surface area contributed by atoms with Crippen LogP contribution in [0, 0.1) is 5.82 Å². The van der Waals surface area contributed by atoms with Crippen molar-refractivity contribution < 1.29 is 4.39 Å². The van der Waals surface area contributed by atoms with Crippen LogP contribution in [0.25, 0.3) is 44.8 Å². The smallest absolute Gasteiger partial charge is 0.161 e. The summed E-state index contributed by atoms with van der Waals surface area (Å²) in [7, 11) is 0. The molecule has 1 fully saturated rings. The Morgan fingerprint density at radius 3 is 2.65 bits per heavy atom. The van der Waals surface area contributed by atoms with Gasteiger partial charge in [0.25, 0.3) is 0 Å². The van der Waals surface area contributed by atoms with Crippen LogP contribution in [0.1, 0.15) is 19.3 Å². The maximum absolute atomic E-state index is 15.5. The molecule has 0 aromatic carbocycles. The van der Waals surface area contributed by atoms with Crippen LogP contribution in [0.3, 0.4) is 0 Å². The Morgan fingerprint density at radius 2 is 1.81 bits per heavy atom. The van der Waals surface area contributed by atoms with Crippen molar-refractivity contribution in [2.45, 2.75) is 19.3 Å². The van der Waals surface area contributed by atoms with E-state index in [1.54, 1.807) is 12.4 Å². The van der Waals surface area contributed by atoms with Gasteiger partial charge in [0.05, 0.1) is 22.8 Å². The van der Waals surface area contributed by atoms with Crippen LogP contribution in [0.2, 0.25) is 0 Å². The van der Waals surface area contributed by atoms with Gasteiger partial charge in [-0.1, -0.05) is 0 Å². The average Bonchev–Trinajstić information content (AvgIpc) is 3.45. The zero-order chi connectivity index (χ0) is 20.8. The molecule has 1 aliphatic heterocycles. The maximum Gasteiger partial charge on any atom is 0.161 e. The van der Waals surface area contributed by atoms with Crippen molar-refractivity contribution in [1.29, 1.82) is 0 Å². The van der Waals surface area contributed by atoms with E-state index in [-0.39, 0.29) is 5.69 Å². The van der Waals surface area contributed by atoms with Gasteiger partial charge in [0, 0.05) is 37.2 Å². The molecule has 0 spiro atoms. The van der Waals surface area contributed by atoms with Crippen LogP contribution in [-0.2, 0) is 0 Å². The number of hydrogen-bond acceptors (Lipinski definition) is 7. The first-order chi connectivity index (χ1) is 15.3. The number of anilines is 1. The second kappa shape index (κ2) is 7.08. The second-order valence-corrected chi connectivity index (χ2v) is 7.57. The van der Waals surface area contributed by atoms with Crippen LogP contribution in [-0.4, -0.2) is 53.2 Å². The number of nitrogens with one attached hydrogen (secondary N) is 2. The summed E-state index contributed by atoms with van der Waals surface area (Å²) in [5, 5.41) is 7.49. The third-order valence-corrected chi connectivity index (χ3v) is 5.66. The number of nitrogens with zero attached hydrogens (tertiary/aromatic N) is 7. The molecule has 1 aliphatic rings. The van der Waals surface area contributed by atoms with Gasteiger partial charge >= 0.3 is 0 Å². The molecule has 6 heterocycles. The zero-order valence-electron chi connectivity index (χ0n) is 16.5. The van der Waals surface area contributed by atoms with Crippen LogP contribution in [0.15, 0.2) is 37.2 Å². The van der Waals surface area contributed by atoms with Crippen molar-refractivity contribution in [3.63, 3.8) is 0 Å². The Morgan fingerprint density at radius 1 is 0.968 bits per heavy atom. The van der Waals surface area contributed by atoms with Crippen LogP contribution in [0.4, 0.5) is 10.1 Å². The van der Waals surface area contributed by atoms with Gasteiger partial charge in [-0.2, -0.15) is 5.10 Å². The average molecular weight is 415 g/mol. The molecule has 0 saturated carbocycles. The molecule has 5 aromatic rings. The molecule has 0 aliphatic carbocycles. The molecule has 0 atom stereocenters. The van der Waals surface area contributed by atoms with E-state index >= 15 is 4.39 Å². The molecular formula is C21H18FN9. The van der Waals surface area contributed by atoms with Crippen molar-refractivity contribution in [2.75, 3.05) is 18.0 Å². The molecule has 0 radical (unpaired) electrons. The molecule has 0 bridgehead atoms. The molecule has 2 N–H and O–H groups in total. The number of H-pyrrole nitrogens is 2. The van der Waals surface area contributed by atoms with E-state index in [9.17, 15) is 0 Å². The van der Waals surface area contributed by atoms with Gasteiger partial charge in [-0.25, -0.2) is 24.3 Å². The first-order valence-electron chi connectivity index (χ1n) is 10.2. The lowest BCUT2D eigenvalue weighted by Crippen LogP contribution is -2.29. The highest BCUT2D eigenvalue weighted by molar-refractivity contribution is 5.96. The van der Waals surface area contributed by atoms with E-state index in [4.69, 9.17) is 4.98 Å². The number of aromatic amines is 2. The van der Waals surface area contributed by atoms with Crippen LogP contribution >= 0.6 is 0 Å². The van der Waals surface area contributed by atoms with E-state index < -0.39 is 5.82 Å². The molecule has 0 unspecified atom stereocenters. The number of imidazole rings is 1. The van der Waals surface area contributed by atoms with Gasteiger partial charge in [0.1, 0.15) is 23.2 Å². The minimum atomic E-state index is -0.499. The number of piperidine rings is 1. The lowest BCUT2D eigenvalue weighted by Gasteiger charge is -2.28. The second-order valence-electron chi connectivity index (χ2n) is 7.57. The van der Waals surface area contributed by atoms with Gasteiger partial charge in [-0.05, 0) is 25.3 Å². The van der Waals surface area contributed by atoms with Gasteiger partial charge in [0.2, 0.25) is 0 Å². The Balaban J connectivity index is 1.51. The third-order valence-electron chi connectivity index (χ3n) is 5.66. The summed E-state index contributed by atoms with van der Waals surface area (Å²) in [6.45, 7) is 1.99. The molecule has 10 heteroatoms. The fraction of sp³-hybridized carbons (Fsp3) is 0.238. The fourth-order valence-corrected chi connectivity index (χ4v) is 4.17. The van der Waals surface area contributed by atoms with E-state index in [1.165, 1.54) is 25.1 Å². The number of fused-ring (bicyclic) bond motifs is 2. The minimum absolute atomic E-state index is 0.166. The monoisotopic (exact) mass is 415 g/mol. The maximum atomic E-state index is 15.5. The Hall–Kier alpha value is -3.95. The SMILES string of the molecule is Fc1c(-c2cncnc2)ncc2[nH]nc(-c3nc4c(N5CCCCC5)ccnc4[nH]3)c12. The first kappa shape index (κ1) is 17.9. The number of halogens is 1. The van der Waals surface area contributed by atoms with Crippen LogP contribution in [0.5, 0.6) is 0 Å². The van der Waals surface area contributed by atoms with Crippen molar-refractivity contribution in [3.05, 3.63) is 43.0 Å². The van der Waals surface area contributed by atoms with Crippen LogP contribution < -0.4 is 4.90 Å². The molecular weight excluding hydrogens is 397 g/mol. The lowest BCUT2D eigenvalue weighted by atomic mass is 10.1. The summed E-state index contributed by atoms with van der Waals surface area (Å²) in [5.74, 6) is -0.0423. The van der Waals surface area contributed by atoms with Gasteiger partial charge in [-0.15, -0.1) is 0 Å². The van der Waals surface area contributed by atoms with Gasteiger partial charge < -0.3 is 9.88 Å². The highest BCUT2D eigenvalue weighted by atomic mass is 19.1. The third kappa shape index (κ3) is 2.90. The standard InChI is InChI=1S/C21H18FN9/c22-16-15-13(10-26-17(16)12-8-23-11-24-9-12)29-30-19(15)21-27-18-14(4-5-25-20(18)28-21)31-6-2-1-3-7-31/h4-5,8-11H,1-3,6-7H2,(H,29,30)(H,25,27,28). The van der Waals surface area contributed by atoms with Crippen molar-refractivity contribution in [1.82, 2.24) is 40.1 Å². The summed E-state index contributed by atoms with van der Waals surface area (Å²) < 4.78 is 15.5. The predicted octanol–water partition coefficient (Wildman–Crippen LogP) is 3.48. The van der Waals surface area contributed by atoms with Crippen molar-refractivity contribution in [2.24, 2.45) is 0 Å². The Labute approximate surface area is 175 Å². The van der Waals surface area contributed by atoms with Gasteiger partial charge in [-0.3, -0.25) is 10.1 Å². The van der Waals surface area contributed by atoms with Crippen molar-refractivity contribution >= 4 is 27.8 Å². The lowest BCUT2D eigenvalue weighted by molar-refractivity contribution is 0.578. The molecule has 0 amide bonds. The summed E-state index contributed by atoms with van der Waals surface area (Å²) in [5.41, 5.74) is 3.98. The van der Waals surface area contributed by atoms with E-state index in [0.29, 0.717) is 33.6 Å². The Kier molecular flexibility index (Phi) is 4.08. The van der Waals surface area contributed by atoms with E-state index in [1.807, 2.05) is 6.07 Å². The van der Waals surface area contributed by atoms with Crippen molar-refractivity contribution in [3.8, 4) is 22.8 Å². The van der Waals surface area contributed by atoms with Gasteiger partial charge in [0.15, 0.2) is 17.3 Å². The summed E-state index contributed by atoms with van der Waals surface area (Å²) in [6.07, 6.45) is 11.3. The quantitative estimate of drug-likeness (QED) is 0.464. The molecule has 9 nitrogen and oxygen atoms in total. The van der Waals surface area contributed by atoms with E-state index in [2.05, 4.69) is 40.0 Å². The highest BCUT2D eigenvalue weighted by Gasteiger charge is 2.22. The highest BCUT2D eigenvalue weighted by Crippen LogP contribution is 2.33.